The highest BCUT2D eigenvalue weighted by molar-refractivity contribution is 6.61. The van der Waals surface area contributed by atoms with Crippen LogP contribution >= 0.6 is 0 Å². The van der Waals surface area contributed by atoms with Crippen LogP contribution in [-0.2, 0) is 15.9 Å². The van der Waals surface area contributed by atoms with Crippen LogP contribution in [0.15, 0.2) is 84.9 Å². The summed E-state index contributed by atoms with van der Waals surface area (Å²) in [4.78, 5) is 2.44. The number of hydrogen-bond donors (Lipinski definition) is 0. The molecule has 29 heavy (non-hydrogen) atoms. The predicted octanol–water partition coefficient (Wildman–Crippen LogP) is 4.24. The zero-order valence-corrected chi connectivity index (χ0v) is 16.5. The summed E-state index contributed by atoms with van der Waals surface area (Å²) in [7, 11) is -0.267. The molecule has 4 heteroatoms. The minimum atomic E-state index is -0.267. The first kappa shape index (κ1) is 18.4. The van der Waals surface area contributed by atoms with Gasteiger partial charge in [0.1, 0.15) is 0 Å². The van der Waals surface area contributed by atoms with Crippen LogP contribution in [-0.4, -0.2) is 38.3 Å². The first-order valence-electron chi connectivity index (χ1n) is 10.3. The van der Waals surface area contributed by atoms with Gasteiger partial charge in [-0.1, -0.05) is 78.9 Å². The molecule has 3 nitrogen and oxygen atoms in total. The molecule has 0 aliphatic carbocycles. The molecule has 0 radical (unpaired) electrons. The zero-order chi connectivity index (χ0) is 19.5. The molecule has 0 atom stereocenters. The summed E-state index contributed by atoms with van der Waals surface area (Å²) in [6.45, 7) is 3.99. The second kappa shape index (κ2) is 8.38. The van der Waals surface area contributed by atoms with Gasteiger partial charge in [-0.2, -0.15) is 0 Å². The third-order valence-electron chi connectivity index (χ3n) is 5.69. The van der Waals surface area contributed by atoms with Gasteiger partial charge in [0.05, 0.1) is 0 Å². The number of rotatable bonds is 3. The Labute approximate surface area is 172 Å². The molecule has 1 fully saturated rings. The quantitative estimate of drug-likeness (QED) is 0.392. The van der Waals surface area contributed by atoms with Crippen LogP contribution in [0.25, 0.3) is 21.5 Å². The van der Waals surface area contributed by atoms with E-state index in [0.717, 1.165) is 25.1 Å². The molecule has 0 saturated carbocycles. The van der Waals surface area contributed by atoms with Crippen LogP contribution in [0.3, 0.4) is 0 Å². The molecule has 1 aliphatic rings. The van der Waals surface area contributed by atoms with Gasteiger partial charge in [0.2, 0.25) is 0 Å². The fourth-order valence-electron chi connectivity index (χ4n) is 4.20. The van der Waals surface area contributed by atoms with Crippen molar-refractivity contribution in [3.8, 4) is 0 Å². The summed E-state index contributed by atoms with van der Waals surface area (Å²) in [5.74, 6) is 0. The average Bonchev–Trinajstić information content (AvgIpc) is 2.75. The van der Waals surface area contributed by atoms with Gasteiger partial charge in [-0.05, 0) is 38.6 Å². The second-order valence-corrected chi connectivity index (χ2v) is 7.56. The molecule has 144 valence electrons. The lowest BCUT2D eigenvalue weighted by Gasteiger charge is -2.28. The average molecular weight is 381 g/mol. The fourth-order valence-corrected chi connectivity index (χ4v) is 4.20. The highest BCUT2D eigenvalue weighted by Gasteiger charge is 2.24. The van der Waals surface area contributed by atoms with E-state index in [2.05, 4.69) is 71.6 Å². The number of fused-ring (bicyclic) bond motifs is 2. The molecule has 4 aromatic carbocycles. The monoisotopic (exact) mass is 381 g/mol. The lowest BCUT2D eigenvalue weighted by atomic mass is 9.79. The molecule has 0 unspecified atom stereocenters. The van der Waals surface area contributed by atoms with Gasteiger partial charge < -0.3 is 9.31 Å². The van der Waals surface area contributed by atoms with E-state index in [1.165, 1.54) is 27.1 Å². The molecular weight excluding hydrogens is 357 g/mol. The van der Waals surface area contributed by atoms with Gasteiger partial charge in [0.15, 0.2) is 0 Å². The number of hydrogen-bond acceptors (Lipinski definition) is 3. The molecule has 0 bridgehead atoms. The standard InChI is InChI=1S/C25H24BNO2/c1-2-10-22(11-3-1)26-28-16-14-27(15-17-29-26)19-25-23-12-6-4-8-20(23)18-21-9-5-7-13-24(21)25/h1-13,18H,14-17,19H2. The van der Waals surface area contributed by atoms with Gasteiger partial charge >= 0.3 is 7.12 Å². The minimum absolute atomic E-state index is 0.267. The summed E-state index contributed by atoms with van der Waals surface area (Å²) in [6, 6.07) is 29.8. The highest BCUT2D eigenvalue weighted by atomic mass is 16.6. The molecule has 5 rings (SSSR count). The van der Waals surface area contributed by atoms with E-state index in [0.29, 0.717) is 13.2 Å². The van der Waals surface area contributed by atoms with Crippen molar-refractivity contribution in [3.63, 3.8) is 0 Å². The van der Waals surface area contributed by atoms with Crippen molar-refractivity contribution in [1.29, 1.82) is 0 Å². The Morgan fingerprint density at radius 1 is 0.690 bits per heavy atom. The van der Waals surface area contributed by atoms with Crippen molar-refractivity contribution in [2.24, 2.45) is 0 Å². The lowest BCUT2D eigenvalue weighted by molar-refractivity contribution is 0.113. The zero-order valence-electron chi connectivity index (χ0n) is 16.5. The maximum atomic E-state index is 6.05. The van der Waals surface area contributed by atoms with Crippen LogP contribution in [0.4, 0.5) is 0 Å². The van der Waals surface area contributed by atoms with E-state index >= 15 is 0 Å². The Kier molecular flexibility index (Phi) is 5.31. The third kappa shape index (κ3) is 3.92. The Hall–Kier alpha value is -2.66. The van der Waals surface area contributed by atoms with Gasteiger partial charge in [-0.25, -0.2) is 0 Å². The van der Waals surface area contributed by atoms with E-state index in [9.17, 15) is 0 Å². The van der Waals surface area contributed by atoms with Gasteiger partial charge in [-0.15, -0.1) is 0 Å². The van der Waals surface area contributed by atoms with Crippen LogP contribution in [0.5, 0.6) is 0 Å². The molecule has 1 aliphatic heterocycles. The molecule has 0 N–H and O–H groups in total. The summed E-state index contributed by atoms with van der Waals surface area (Å²) in [6.07, 6.45) is 0. The molecule has 0 spiro atoms. The van der Waals surface area contributed by atoms with Crippen molar-refractivity contribution in [1.82, 2.24) is 4.90 Å². The van der Waals surface area contributed by atoms with Crippen molar-refractivity contribution >= 4 is 34.1 Å². The van der Waals surface area contributed by atoms with Crippen molar-refractivity contribution < 1.29 is 9.31 Å². The van der Waals surface area contributed by atoms with E-state index in [1.54, 1.807) is 0 Å². The van der Waals surface area contributed by atoms with Gasteiger partial charge in [0, 0.05) is 32.8 Å². The Balaban J connectivity index is 1.38. The van der Waals surface area contributed by atoms with Crippen LogP contribution in [0.2, 0.25) is 0 Å². The maximum absolute atomic E-state index is 6.05. The summed E-state index contributed by atoms with van der Waals surface area (Å²) < 4.78 is 12.1. The van der Waals surface area contributed by atoms with E-state index in [4.69, 9.17) is 9.31 Å². The van der Waals surface area contributed by atoms with Crippen molar-refractivity contribution in [2.45, 2.75) is 6.54 Å². The largest absolute Gasteiger partial charge is 0.493 e. The van der Waals surface area contributed by atoms with Crippen molar-refractivity contribution in [3.05, 3.63) is 90.5 Å². The molecule has 1 heterocycles. The van der Waals surface area contributed by atoms with E-state index < -0.39 is 0 Å². The third-order valence-corrected chi connectivity index (χ3v) is 5.69. The van der Waals surface area contributed by atoms with Gasteiger partial charge in [-0.3, -0.25) is 4.90 Å². The summed E-state index contributed by atoms with van der Waals surface area (Å²) >= 11 is 0. The smallest absolute Gasteiger partial charge is 0.406 e. The fraction of sp³-hybridized carbons (Fsp3) is 0.200. The van der Waals surface area contributed by atoms with Crippen LogP contribution in [0.1, 0.15) is 5.56 Å². The molecule has 0 amide bonds. The minimum Gasteiger partial charge on any atom is -0.406 e. The Morgan fingerprint density at radius 3 is 1.86 bits per heavy atom. The predicted molar refractivity (Wildman–Crippen MR) is 120 cm³/mol. The Bertz CT molecular complexity index is 1050. The first-order chi connectivity index (χ1) is 14.4. The molecular formula is C25H24BNO2. The van der Waals surface area contributed by atoms with Crippen molar-refractivity contribution in [2.75, 3.05) is 26.3 Å². The van der Waals surface area contributed by atoms with E-state index in [-0.39, 0.29) is 7.12 Å². The van der Waals surface area contributed by atoms with Crippen LogP contribution in [0, 0.1) is 0 Å². The molecule has 0 aromatic heterocycles. The normalized spacial score (nSPS) is 16.1. The topological polar surface area (TPSA) is 21.7 Å². The Morgan fingerprint density at radius 2 is 1.24 bits per heavy atom. The number of nitrogens with zero attached hydrogens (tertiary/aromatic N) is 1. The maximum Gasteiger partial charge on any atom is 0.493 e. The van der Waals surface area contributed by atoms with E-state index in [1.807, 2.05) is 18.2 Å². The lowest BCUT2D eigenvalue weighted by Crippen LogP contribution is -2.44. The van der Waals surface area contributed by atoms with Gasteiger partial charge in [0.25, 0.3) is 0 Å². The molecule has 1 saturated heterocycles. The molecule has 4 aromatic rings. The van der Waals surface area contributed by atoms with Crippen LogP contribution < -0.4 is 5.46 Å². The first-order valence-corrected chi connectivity index (χ1v) is 10.3. The SMILES string of the molecule is c1ccc(B2OCCN(Cc3c4ccccc4cc4ccccc34)CCO2)cc1. The second-order valence-electron chi connectivity index (χ2n) is 7.56. The summed E-state index contributed by atoms with van der Waals surface area (Å²) in [5.41, 5.74) is 2.47. The number of benzene rings is 4. The highest BCUT2D eigenvalue weighted by Crippen LogP contribution is 2.29. The summed E-state index contributed by atoms with van der Waals surface area (Å²) in [5, 5.41) is 5.25.